The second kappa shape index (κ2) is 11.0. The molecule has 2 nitrogen and oxygen atoms in total. The summed E-state index contributed by atoms with van der Waals surface area (Å²) in [6.45, 7) is 5.06. The molecule has 1 aliphatic carbocycles. The van der Waals surface area contributed by atoms with Crippen LogP contribution in [0.3, 0.4) is 0 Å². The van der Waals surface area contributed by atoms with E-state index < -0.39 is 17.2 Å². The zero-order valence-electron chi connectivity index (χ0n) is 18.9. The van der Waals surface area contributed by atoms with Gasteiger partial charge >= 0.3 is 6.18 Å². The number of benzene rings is 2. The van der Waals surface area contributed by atoms with Gasteiger partial charge in [-0.25, -0.2) is 0 Å². The number of hydrogen-bond acceptors (Lipinski definition) is 2. The molecule has 1 fully saturated rings. The molecule has 1 unspecified atom stereocenters. The summed E-state index contributed by atoms with van der Waals surface area (Å²) in [4.78, 5) is 2.45. The molecule has 1 aliphatic rings. The Balaban J connectivity index is 1.67. The number of nitrogens with zero attached hydrogens (tertiary/aromatic N) is 2. The molecule has 32 heavy (non-hydrogen) atoms. The molecular formula is C27H33F3N2. The lowest BCUT2D eigenvalue weighted by molar-refractivity contribution is -0.137. The van der Waals surface area contributed by atoms with Crippen LogP contribution in [0.5, 0.6) is 0 Å². The van der Waals surface area contributed by atoms with Crippen molar-refractivity contribution in [2.45, 2.75) is 63.5 Å². The van der Waals surface area contributed by atoms with Gasteiger partial charge in [-0.1, -0.05) is 55.8 Å². The number of rotatable bonds is 11. The predicted octanol–water partition coefficient (Wildman–Crippen LogP) is 7.00. The molecule has 0 spiro atoms. The molecule has 2 aromatic carbocycles. The van der Waals surface area contributed by atoms with E-state index in [4.69, 9.17) is 0 Å². The minimum atomic E-state index is -4.36. The lowest BCUT2D eigenvalue weighted by atomic mass is 9.60. The first-order valence-corrected chi connectivity index (χ1v) is 11.7. The van der Waals surface area contributed by atoms with Crippen LogP contribution >= 0.6 is 0 Å². The summed E-state index contributed by atoms with van der Waals surface area (Å²) in [5, 5.41) is 10.2. The smallest absolute Gasteiger partial charge is 0.303 e. The highest BCUT2D eigenvalue weighted by molar-refractivity contribution is 5.37. The van der Waals surface area contributed by atoms with E-state index in [1.165, 1.54) is 17.7 Å². The molecule has 1 saturated carbocycles. The van der Waals surface area contributed by atoms with Crippen LogP contribution in [0.15, 0.2) is 54.6 Å². The first-order valence-electron chi connectivity index (χ1n) is 11.7. The number of nitriles is 1. The van der Waals surface area contributed by atoms with Gasteiger partial charge in [-0.2, -0.15) is 18.4 Å². The Bertz CT molecular complexity index is 867. The Kier molecular flexibility index (Phi) is 8.37. The van der Waals surface area contributed by atoms with Crippen LogP contribution in [0.25, 0.3) is 0 Å². The Labute approximate surface area is 190 Å². The van der Waals surface area contributed by atoms with Gasteiger partial charge in [0.05, 0.1) is 17.0 Å². The van der Waals surface area contributed by atoms with Crippen molar-refractivity contribution in [3.63, 3.8) is 0 Å². The predicted molar refractivity (Wildman–Crippen MR) is 122 cm³/mol. The van der Waals surface area contributed by atoms with Crippen molar-refractivity contribution in [1.82, 2.24) is 4.90 Å². The molecule has 0 aromatic heterocycles. The number of hydrogen-bond donors (Lipinski definition) is 0. The zero-order valence-corrected chi connectivity index (χ0v) is 18.9. The fourth-order valence-corrected chi connectivity index (χ4v) is 4.82. The Morgan fingerprint density at radius 3 is 2.12 bits per heavy atom. The summed E-state index contributed by atoms with van der Waals surface area (Å²) >= 11 is 0. The van der Waals surface area contributed by atoms with Gasteiger partial charge in [-0.15, -0.1) is 0 Å². The van der Waals surface area contributed by atoms with Crippen molar-refractivity contribution in [1.29, 1.82) is 5.26 Å². The van der Waals surface area contributed by atoms with Gasteiger partial charge in [-0.05, 0) is 80.8 Å². The topological polar surface area (TPSA) is 27.0 Å². The lowest BCUT2D eigenvalue weighted by Gasteiger charge is -2.41. The number of halogens is 3. The maximum atomic E-state index is 13.0. The van der Waals surface area contributed by atoms with E-state index in [9.17, 15) is 18.4 Å². The molecule has 0 N–H and O–H groups in total. The summed E-state index contributed by atoms with van der Waals surface area (Å²) in [6.07, 6.45) is 2.29. The van der Waals surface area contributed by atoms with Crippen molar-refractivity contribution >= 4 is 0 Å². The first kappa shape index (κ1) is 24.3. The quantitative estimate of drug-likeness (QED) is 0.374. The van der Waals surface area contributed by atoms with E-state index >= 15 is 0 Å². The summed E-state index contributed by atoms with van der Waals surface area (Å²) in [7, 11) is 0. The Morgan fingerprint density at radius 2 is 1.59 bits per heavy atom. The molecule has 0 bridgehead atoms. The standard InChI is InChI=1S/C27H33F3N2/c1-2-18-32(20-16-22-8-4-3-5-9-22)19-7-17-26(21-31,23-10-6-11-23)24-12-14-25(15-13-24)27(28,29)30/h3-5,8-9,12-15,23H,2,6-7,10-11,16-20H2,1H3. The van der Waals surface area contributed by atoms with Gasteiger partial charge in [0, 0.05) is 6.54 Å². The van der Waals surface area contributed by atoms with E-state index in [2.05, 4.69) is 42.2 Å². The Morgan fingerprint density at radius 1 is 0.938 bits per heavy atom. The van der Waals surface area contributed by atoms with Crippen LogP contribution < -0.4 is 0 Å². The normalized spacial score (nSPS) is 16.4. The monoisotopic (exact) mass is 442 g/mol. The van der Waals surface area contributed by atoms with Gasteiger partial charge in [0.15, 0.2) is 0 Å². The molecule has 0 heterocycles. The summed E-state index contributed by atoms with van der Waals surface area (Å²) in [5.41, 5.74) is 0.708. The largest absolute Gasteiger partial charge is 0.416 e. The summed E-state index contributed by atoms with van der Waals surface area (Å²) in [6, 6.07) is 18.3. The molecule has 3 rings (SSSR count). The van der Waals surface area contributed by atoms with E-state index in [1.54, 1.807) is 0 Å². The molecule has 5 heteroatoms. The molecule has 2 aromatic rings. The van der Waals surface area contributed by atoms with Gasteiger partial charge in [0.2, 0.25) is 0 Å². The van der Waals surface area contributed by atoms with Crippen LogP contribution in [0.4, 0.5) is 13.2 Å². The van der Waals surface area contributed by atoms with E-state index in [0.29, 0.717) is 6.42 Å². The molecule has 0 amide bonds. The number of alkyl halides is 3. The van der Waals surface area contributed by atoms with E-state index in [0.717, 1.165) is 75.9 Å². The maximum absolute atomic E-state index is 13.0. The third-order valence-electron chi connectivity index (χ3n) is 6.87. The summed E-state index contributed by atoms with van der Waals surface area (Å²) < 4.78 is 39.1. The van der Waals surface area contributed by atoms with Crippen molar-refractivity contribution in [3.05, 3.63) is 71.3 Å². The second-order valence-electron chi connectivity index (χ2n) is 8.97. The van der Waals surface area contributed by atoms with Gasteiger partial charge < -0.3 is 4.90 Å². The van der Waals surface area contributed by atoms with Gasteiger partial charge in [-0.3, -0.25) is 0 Å². The molecule has 1 atom stereocenters. The SMILES string of the molecule is CCCN(CCCC(C#N)(c1ccc(C(F)(F)F)cc1)C1CCC1)CCc1ccccc1. The van der Waals surface area contributed by atoms with Crippen molar-refractivity contribution in [2.75, 3.05) is 19.6 Å². The first-order chi connectivity index (χ1) is 15.4. The zero-order chi connectivity index (χ0) is 23.0. The molecular weight excluding hydrogens is 409 g/mol. The maximum Gasteiger partial charge on any atom is 0.416 e. The summed E-state index contributed by atoms with van der Waals surface area (Å²) in [5.74, 6) is 0.230. The van der Waals surface area contributed by atoms with Gasteiger partial charge in [0.25, 0.3) is 0 Å². The Hall–Kier alpha value is -2.32. The highest BCUT2D eigenvalue weighted by Gasteiger charge is 2.43. The highest BCUT2D eigenvalue weighted by Crippen LogP contribution is 2.47. The fraction of sp³-hybridized carbons (Fsp3) is 0.519. The third kappa shape index (κ3) is 5.92. The third-order valence-corrected chi connectivity index (χ3v) is 6.87. The second-order valence-corrected chi connectivity index (χ2v) is 8.97. The molecule has 0 aliphatic heterocycles. The van der Waals surface area contributed by atoms with Gasteiger partial charge in [0.1, 0.15) is 0 Å². The molecule has 0 saturated heterocycles. The van der Waals surface area contributed by atoms with Crippen molar-refractivity contribution in [2.24, 2.45) is 5.92 Å². The van der Waals surface area contributed by atoms with E-state index in [1.807, 2.05) is 6.07 Å². The van der Waals surface area contributed by atoms with Crippen LogP contribution in [0.1, 0.15) is 62.1 Å². The highest BCUT2D eigenvalue weighted by atomic mass is 19.4. The lowest BCUT2D eigenvalue weighted by Crippen LogP contribution is -2.39. The average Bonchev–Trinajstić information content (AvgIpc) is 2.75. The average molecular weight is 443 g/mol. The van der Waals surface area contributed by atoms with Crippen LogP contribution in [0, 0.1) is 17.2 Å². The van der Waals surface area contributed by atoms with Crippen LogP contribution in [-0.2, 0) is 18.0 Å². The van der Waals surface area contributed by atoms with Crippen LogP contribution in [-0.4, -0.2) is 24.5 Å². The minimum Gasteiger partial charge on any atom is -0.303 e. The van der Waals surface area contributed by atoms with Crippen LogP contribution in [0.2, 0.25) is 0 Å². The minimum absolute atomic E-state index is 0.230. The fourth-order valence-electron chi connectivity index (χ4n) is 4.82. The molecule has 0 radical (unpaired) electrons. The molecule has 172 valence electrons. The van der Waals surface area contributed by atoms with E-state index in [-0.39, 0.29) is 5.92 Å². The van der Waals surface area contributed by atoms with Crippen molar-refractivity contribution < 1.29 is 13.2 Å². The van der Waals surface area contributed by atoms with Crippen molar-refractivity contribution in [3.8, 4) is 6.07 Å².